The van der Waals surface area contributed by atoms with Gasteiger partial charge in [-0.3, -0.25) is 14.7 Å². The molecule has 3 heterocycles. The first-order valence-corrected chi connectivity index (χ1v) is 10.1. The predicted octanol–water partition coefficient (Wildman–Crippen LogP) is 1.85. The second-order valence-electron chi connectivity index (χ2n) is 6.62. The zero-order chi connectivity index (χ0) is 17.6. The molecule has 1 aromatic heterocycles. The molecule has 0 aliphatic carbocycles. The molecule has 8 heteroatoms. The van der Waals surface area contributed by atoms with E-state index in [9.17, 15) is 4.79 Å². The van der Waals surface area contributed by atoms with Gasteiger partial charge in [0.05, 0.1) is 6.54 Å². The zero-order valence-electron chi connectivity index (χ0n) is 15.7. The zero-order valence-corrected chi connectivity index (χ0v) is 18.9. The monoisotopic (exact) mass is 491 g/mol. The normalized spacial score (nSPS) is 18.3. The van der Waals surface area contributed by atoms with Gasteiger partial charge >= 0.3 is 0 Å². The molecular formula is C18H30IN5OS. The third-order valence-corrected chi connectivity index (χ3v) is 5.95. The second kappa shape index (κ2) is 10.5. The van der Waals surface area contributed by atoms with E-state index in [0.717, 1.165) is 64.9 Å². The van der Waals surface area contributed by atoms with Crippen LogP contribution in [-0.2, 0) is 17.8 Å². The molecule has 1 aromatic rings. The molecule has 0 radical (unpaired) electrons. The van der Waals surface area contributed by atoms with E-state index >= 15 is 0 Å². The first-order valence-electron chi connectivity index (χ1n) is 9.23. The number of thiophene rings is 1. The largest absolute Gasteiger partial charge is 0.357 e. The number of nitrogens with zero attached hydrogens (tertiary/aromatic N) is 4. The molecule has 2 aliphatic rings. The lowest BCUT2D eigenvalue weighted by Crippen LogP contribution is -2.53. The summed E-state index contributed by atoms with van der Waals surface area (Å²) in [4.78, 5) is 24.5. The summed E-state index contributed by atoms with van der Waals surface area (Å²) in [6.45, 7) is 11.9. The number of rotatable bonds is 4. The Labute approximate surface area is 177 Å². The molecule has 146 valence electrons. The van der Waals surface area contributed by atoms with Crippen molar-refractivity contribution in [1.29, 1.82) is 0 Å². The SMILES string of the molecule is CCNC(=NCCN1CCc2sccc2C1)N1CCN(C(C)=O)CC1.I. The van der Waals surface area contributed by atoms with Crippen molar-refractivity contribution in [1.82, 2.24) is 20.0 Å². The number of carbonyl (C=O) groups excluding carboxylic acids is 1. The first kappa shape index (κ1) is 21.4. The standard InChI is InChI=1S/C18H29N5OS.HI/c1-3-19-18(23-11-9-22(10-12-23)15(2)24)20-6-8-21-7-4-17-16(14-21)5-13-25-17;/h5,13H,3-4,6-12,14H2,1-2H3,(H,19,20);1H. The third kappa shape index (κ3) is 5.56. The van der Waals surface area contributed by atoms with E-state index in [4.69, 9.17) is 4.99 Å². The molecule has 0 atom stereocenters. The van der Waals surface area contributed by atoms with E-state index in [2.05, 4.69) is 33.5 Å². The molecule has 0 saturated carbocycles. The number of hydrogen-bond donors (Lipinski definition) is 1. The fourth-order valence-electron chi connectivity index (χ4n) is 3.45. The van der Waals surface area contributed by atoms with Gasteiger partial charge < -0.3 is 15.1 Å². The van der Waals surface area contributed by atoms with Crippen LogP contribution in [0.15, 0.2) is 16.4 Å². The molecule has 0 aromatic carbocycles. The lowest BCUT2D eigenvalue weighted by molar-refractivity contribution is -0.130. The summed E-state index contributed by atoms with van der Waals surface area (Å²) in [5, 5.41) is 5.61. The van der Waals surface area contributed by atoms with Crippen molar-refractivity contribution in [2.75, 3.05) is 52.4 Å². The number of nitrogens with one attached hydrogen (secondary N) is 1. The Bertz CT molecular complexity index is 612. The first-order chi connectivity index (χ1) is 12.2. The van der Waals surface area contributed by atoms with E-state index in [0.29, 0.717) is 0 Å². The maximum absolute atomic E-state index is 11.5. The van der Waals surface area contributed by atoms with Crippen molar-refractivity contribution < 1.29 is 4.79 Å². The van der Waals surface area contributed by atoms with Gasteiger partial charge in [0.2, 0.25) is 5.91 Å². The Hall–Kier alpha value is -0.870. The van der Waals surface area contributed by atoms with Crippen LogP contribution in [0.1, 0.15) is 24.3 Å². The highest BCUT2D eigenvalue weighted by molar-refractivity contribution is 14.0. The van der Waals surface area contributed by atoms with Crippen molar-refractivity contribution in [2.45, 2.75) is 26.8 Å². The maximum atomic E-state index is 11.5. The molecule has 1 amide bonds. The van der Waals surface area contributed by atoms with Gasteiger partial charge in [0.1, 0.15) is 0 Å². The molecule has 0 unspecified atom stereocenters. The quantitative estimate of drug-likeness (QED) is 0.397. The second-order valence-corrected chi connectivity index (χ2v) is 7.62. The average molecular weight is 491 g/mol. The highest BCUT2D eigenvalue weighted by Crippen LogP contribution is 2.23. The summed E-state index contributed by atoms with van der Waals surface area (Å²) < 4.78 is 0. The minimum atomic E-state index is 0. The molecule has 6 nitrogen and oxygen atoms in total. The number of guanidine groups is 1. The number of piperazine rings is 1. The number of fused-ring (bicyclic) bond motifs is 1. The van der Waals surface area contributed by atoms with E-state index in [1.807, 2.05) is 16.2 Å². The maximum Gasteiger partial charge on any atom is 0.219 e. The minimum absolute atomic E-state index is 0. The summed E-state index contributed by atoms with van der Waals surface area (Å²) in [6, 6.07) is 2.26. The average Bonchev–Trinajstić information content (AvgIpc) is 3.09. The molecule has 0 spiro atoms. The third-order valence-electron chi connectivity index (χ3n) is 4.92. The highest BCUT2D eigenvalue weighted by atomic mass is 127. The lowest BCUT2D eigenvalue weighted by Gasteiger charge is -2.36. The molecule has 3 rings (SSSR count). The van der Waals surface area contributed by atoms with E-state index in [-0.39, 0.29) is 29.9 Å². The van der Waals surface area contributed by atoms with Gasteiger partial charge in [-0.1, -0.05) is 0 Å². The van der Waals surface area contributed by atoms with Crippen LogP contribution < -0.4 is 5.32 Å². The van der Waals surface area contributed by atoms with Crippen molar-refractivity contribution in [3.8, 4) is 0 Å². The van der Waals surface area contributed by atoms with Crippen LogP contribution in [-0.4, -0.2) is 78.9 Å². The molecule has 1 saturated heterocycles. The van der Waals surface area contributed by atoms with Crippen LogP contribution in [0, 0.1) is 0 Å². The Morgan fingerprint density at radius 1 is 1.23 bits per heavy atom. The molecular weight excluding hydrogens is 461 g/mol. The van der Waals surface area contributed by atoms with E-state index in [1.54, 1.807) is 11.8 Å². The number of aliphatic imine (C=N–C) groups is 1. The van der Waals surface area contributed by atoms with Crippen molar-refractivity contribution in [3.05, 3.63) is 21.9 Å². The van der Waals surface area contributed by atoms with E-state index < -0.39 is 0 Å². The Morgan fingerprint density at radius 3 is 2.65 bits per heavy atom. The smallest absolute Gasteiger partial charge is 0.219 e. The summed E-state index contributed by atoms with van der Waals surface area (Å²) >= 11 is 1.88. The number of hydrogen-bond acceptors (Lipinski definition) is 4. The highest BCUT2D eigenvalue weighted by Gasteiger charge is 2.21. The lowest BCUT2D eigenvalue weighted by atomic mass is 10.1. The molecule has 1 fully saturated rings. The topological polar surface area (TPSA) is 51.2 Å². The Balaban J connectivity index is 0.00000243. The number of amides is 1. The van der Waals surface area contributed by atoms with Crippen LogP contribution in [0.4, 0.5) is 0 Å². The number of carbonyl (C=O) groups is 1. The van der Waals surface area contributed by atoms with Gasteiger partial charge in [-0.25, -0.2) is 0 Å². The predicted molar refractivity (Wildman–Crippen MR) is 119 cm³/mol. The summed E-state index contributed by atoms with van der Waals surface area (Å²) in [5.74, 6) is 1.15. The molecule has 1 N–H and O–H groups in total. The van der Waals surface area contributed by atoms with Gasteiger partial charge in [-0.15, -0.1) is 35.3 Å². The fourth-order valence-corrected chi connectivity index (χ4v) is 4.34. The molecule has 0 bridgehead atoms. The van der Waals surface area contributed by atoms with Crippen molar-refractivity contribution in [2.24, 2.45) is 4.99 Å². The van der Waals surface area contributed by atoms with Gasteiger partial charge in [-0.05, 0) is 30.4 Å². The van der Waals surface area contributed by atoms with Crippen molar-refractivity contribution >= 4 is 47.2 Å². The van der Waals surface area contributed by atoms with Gasteiger partial charge in [0, 0.05) is 64.2 Å². The summed E-state index contributed by atoms with van der Waals surface area (Å²) in [5.41, 5.74) is 1.49. The van der Waals surface area contributed by atoms with Crippen LogP contribution >= 0.6 is 35.3 Å². The molecule has 26 heavy (non-hydrogen) atoms. The van der Waals surface area contributed by atoms with Gasteiger partial charge in [0.15, 0.2) is 5.96 Å². The van der Waals surface area contributed by atoms with Crippen LogP contribution in [0.5, 0.6) is 0 Å². The Morgan fingerprint density at radius 2 is 1.96 bits per heavy atom. The summed E-state index contributed by atoms with van der Waals surface area (Å²) in [7, 11) is 0. The number of halogens is 1. The van der Waals surface area contributed by atoms with Gasteiger partial charge in [0.25, 0.3) is 0 Å². The van der Waals surface area contributed by atoms with Crippen molar-refractivity contribution in [3.63, 3.8) is 0 Å². The Kier molecular flexibility index (Phi) is 8.62. The molecule has 2 aliphatic heterocycles. The van der Waals surface area contributed by atoms with Gasteiger partial charge in [-0.2, -0.15) is 0 Å². The van der Waals surface area contributed by atoms with Crippen LogP contribution in [0.25, 0.3) is 0 Å². The summed E-state index contributed by atoms with van der Waals surface area (Å²) in [6.07, 6.45) is 1.17. The minimum Gasteiger partial charge on any atom is -0.357 e. The van der Waals surface area contributed by atoms with Crippen LogP contribution in [0.3, 0.4) is 0 Å². The van der Waals surface area contributed by atoms with Crippen LogP contribution in [0.2, 0.25) is 0 Å². The van der Waals surface area contributed by atoms with E-state index in [1.165, 1.54) is 12.0 Å². The fraction of sp³-hybridized carbons (Fsp3) is 0.667.